The minimum Gasteiger partial charge on any atom is -0.467 e. The normalized spacial score (nSPS) is 20.7. The van der Waals surface area contributed by atoms with E-state index in [1.807, 2.05) is 0 Å². The number of carbonyl (C=O) groups is 1. The Morgan fingerprint density at radius 3 is 2.68 bits per heavy atom. The molecular weight excluding hydrogens is 337 g/mol. The minimum atomic E-state index is -4.49. The summed E-state index contributed by atoms with van der Waals surface area (Å²) in [6.45, 7) is 5.37. The summed E-state index contributed by atoms with van der Waals surface area (Å²) in [5, 5.41) is 9.51. The van der Waals surface area contributed by atoms with E-state index in [1.165, 1.54) is 6.26 Å². The number of anilines is 1. The highest BCUT2D eigenvalue weighted by molar-refractivity contribution is 5.99. The summed E-state index contributed by atoms with van der Waals surface area (Å²) in [6, 6.07) is 0.673. The lowest BCUT2D eigenvalue weighted by Gasteiger charge is -2.33. The molecule has 0 saturated heterocycles. The third-order valence-corrected chi connectivity index (χ3v) is 3.86. The topological polar surface area (TPSA) is 72.1 Å². The largest absolute Gasteiger partial charge is 0.467 e. The van der Waals surface area contributed by atoms with E-state index in [0.29, 0.717) is 5.76 Å². The molecule has 0 radical (unpaired) electrons. The van der Waals surface area contributed by atoms with Crippen molar-refractivity contribution in [2.45, 2.75) is 51.0 Å². The number of aromatic nitrogens is 2. The molecule has 0 aromatic carbocycles. The Hall–Kier alpha value is -2.45. The second-order valence-electron chi connectivity index (χ2n) is 7.06. The SMILES string of the molecule is CC(C)(C)NC(=O)c1cnn2c1N[C@H](c1ccco1)C[C@@H]2C(F)(F)F. The van der Waals surface area contributed by atoms with E-state index < -0.39 is 29.7 Å². The average molecular weight is 356 g/mol. The molecule has 25 heavy (non-hydrogen) atoms. The Morgan fingerprint density at radius 1 is 1.40 bits per heavy atom. The fraction of sp³-hybridized carbons (Fsp3) is 0.500. The van der Waals surface area contributed by atoms with Gasteiger partial charge < -0.3 is 15.1 Å². The summed E-state index contributed by atoms with van der Waals surface area (Å²) < 4.78 is 46.6. The van der Waals surface area contributed by atoms with Gasteiger partial charge in [0.25, 0.3) is 5.91 Å². The van der Waals surface area contributed by atoms with E-state index in [-0.39, 0.29) is 17.8 Å². The van der Waals surface area contributed by atoms with Crippen LogP contribution in [0, 0.1) is 0 Å². The van der Waals surface area contributed by atoms with Crippen LogP contribution in [0.25, 0.3) is 0 Å². The second-order valence-corrected chi connectivity index (χ2v) is 7.06. The number of fused-ring (bicyclic) bond motifs is 1. The first kappa shape index (κ1) is 17.4. The maximum atomic E-state index is 13.5. The number of furan rings is 1. The Labute approximate surface area is 142 Å². The average Bonchev–Trinajstić information content (AvgIpc) is 3.12. The first-order valence-electron chi connectivity index (χ1n) is 7.83. The van der Waals surface area contributed by atoms with Crippen LogP contribution < -0.4 is 10.6 Å². The summed E-state index contributed by atoms with van der Waals surface area (Å²) in [4.78, 5) is 12.4. The number of nitrogens with one attached hydrogen (secondary N) is 2. The van der Waals surface area contributed by atoms with Crippen LogP contribution in [0.2, 0.25) is 0 Å². The predicted molar refractivity (Wildman–Crippen MR) is 84.2 cm³/mol. The Morgan fingerprint density at radius 2 is 2.12 bits per heavy atom. The quantitative estimate of drug-likeness (QED) is 0.861. The first-order valence-corrected chi connectivity index (χ1v) is 7.83. The molecule has 0 spiro atoms. The molecule has 1 aliphatic rings. The van der Waals surface area contributed by atoms with E-state index in [2.05, 4.69) is 15.7 Å². The molecule has 0 fully saturated rings. The van der Waals surface area contributed by atoms with E-state index in [1.54, 1.807) is 32.9 Å². The number of hydrogen-bond donors (Lipinski definition) is 2. The summed E-state index contributed by atoms with van der Waals surface area (Å²) >= 11 is 0. The van der Waals surface area contributed by atoms with Gasteiger partial charge in [-0.15, -0.1) is 0 Å². The van der Waals surface area contributed by atoms with E-state index in [4.69, 9.17) is 4.42 Å². The van der Waals surface area contributed by atoms with Gasteiger partial charge in [0, 0.05) is 12.0 Å². The number of carbonyl (C=O) groups excluding carboxylic acids is 1. The van der Waals surface area contributed by atoms with Gasteiger partial charge in [-0.25, -0.2) is 4.68 Å². The number of halogens is 3. The summed E-state index contributed by atoms with van der Waals surface area (Å²) in [5.41, 5.74) is -0.454. The molecule has 2 aromatic heterocycles. The van der Waals surface area contributed by atoms with Gasteiger partial charge in [-0.05, 0) is 32.9 Å². The predicted octanol–water partition coefficient (Wildman–Crippen LogP) is 3.66. The van der Waals surface area contributed by atoms with Crippen LogP contribution in [-0.2, 0) is 0 Å². The van der Waals surface area contributed by atoms with Crippen LogP contribution in [0.15, 0.2) is 29.0 Å². The zero-order valence-electron chi connectivity index (χ0n) is 14.0. The third-order valence-electron chi connectivity index (χ3n) is 3.86. The van der Waals surface area contributed by atoms with Crippen molar-refractivity contribution in [3.63, 3.8) is 0 Å². The summed E-state index contributed by atoms with van der Waals surface area (Å²) in [7, 11) is 0. The van der Waals surface area contributed by atoms with Crippen molar-refractivity contribution in [1.29, 1.82) is 0 Å². The van der Waals surface area contributed by atoms with Crippen molar-refractivity contribution < 1.29 is 22.4 Å². The van der Waals surface area contributed by atoms with Gasteiger partial charge in [-0.1, -0.05) is 0 Å². The van der Waals surface area contributed by atoms with Crippen molar-refractivity contribution >= 4 is 11.7 Å². The molecule has 3 rings (SSSR count). The minimum absolute atomic E-state index is 0.0386. The fourth-order valence-electron chi connectivity index (χ4n) is 2.81. The van der Waals surface area contributed by atoms with Crippen LogP contribution in [-0.4, -0.2) is 27.4 Å². The standard InChI is InChI=1S/C16H19F3N4O2/c1-15(2,3)22-14(24)9-8-20-23-12(16(17,18)19)7-10(21-13(9)23)11-5-4-6-25-11/h4-6,8,10,12,21H,7H2,1-3H3,(H,22,24)/t10-,12+/m0/s1. The zero-order valence-corrected chi connectivity index (χ0v) is 14.0. The lowest BCUT2D eigenvalue weighted by molar-refractivity contribution is -0.174. The molecule has 136 valence electrons. The lowest BCUT2D eigenvalue weighted by atomic mass is 10.0. The molecule has 2 aromatic rings. The van der Waals surface area contributed by atoms with Crippen LogP contribution in [0.4, 0.5) is 19.0 Å². The zero-order chi connectivity index (χ0) is 18.4. The first-order chi connectivity index (χ1) is 11.6. The van der Waals surface area contributed by atoms with Gasteiger partial charge in [0.15, 0.2) is 6.04 Å². The third kappa shape index (κ3) is 3.49. The van der Waals surface area contributed by atoms with Crippen LogP contribution in [0.3, 0.4) is 0 Å². The van der Waals surface area contributed by atoms with Crippen molar-refractivity contribution in [1.82, 2.24) is 15.1 Å². The number of alkyl halides is 3. The Kier molecular flexibility index (Phi) is 4.04. The summed E-state index contributed by atoms with van der Waals surface area (Å²) in [5.74, 6) is -0.0668. The Balaban J connectivity index is 2.00. The number of hydrogen-bond acceptors (Lipinski definition) is 4. The number of amides is 1. The van der Waals surface area contributed by atoms with Crippen molar-refractivity contribution in [3.8, 4) is 0 Å². The monoisotopic (exact) mass is 356 g/mol. The molecule has 1 aliphatic heterocycles. The molecule has 0 bridgehead atoms. The number of nitrogens with zero attached hydrogens (tertiary/aromatic N) is 2. The van der Waals surface area contributed by atoms with E-state index >= 15 is 0 Å². The highest BCUT2D eigenvalue weighted by Crippen LogP contribution is 2.44. The molecule has 1 amide bonds. The van der Waals surface area contributed by atoms with Crippen molar-refractivity contribution in [2.24, 2.45) is 0 Å². The van der Waals surface area contributed by atoms with Gasteiger partial charge >= 0.3 is 6.18 Å². The highest BCUT2D eigenvalue weighted by atomic mass is 19.4. The maximum Gasteiger partial charge on any atom is 0.410 e. The smallest absolute Gasteiger partial charge is 0.410 e. The van der Waals surface area contributed by atoms with Crippen LogP contribution in [0.5, 0.6) is 0 Å². The molecule has 0 aliphatic carbocycles. The molecule has 0 saturated carbocycles. The van der Waals surface area contributed by atoms with Crippen molar-refractivity contribution in [2.75, 3.05) is 5.32 Å². The van der Waals surface area contributed by atoms with Gasteiger partial charge in [-0.3, -0.25) is 4.79 Å². The van der Waals surface area contributed by atoms with Gasteiger partial charge in [0.1, 0.15) is 17.1 Å². The van der Waals surface area contributed by atoms with E-state index in [9.17, 15) is 18.0 Å². The molecule has 3 heterocycles. The second kappa shape index (κ2) is 5.82. The van der Waals surface area contributed by atoms with Gasteiger partial charge in [-0.2, -0.15) is 18.3 Å². The molecule has 9 heteroatoms. The van der Waals surface area contributed by atoms with Crippen LogP contribution in [0.1, 0.15) is 55.4 Å². The van der Waals surface area contributed by atoms with Gasteiger partial charge in [0.2, 0.25) is 0 Å². The highest BCUT2D eigenvalue weighted by Gasteiger charge is 2.47. The fourth-order valence-corrected chi connectivity index (χ4v) is 2.81. The van der Waals surface area contributed by atoms with Gasteiger partial charge in [0.05, 0.1) is 18.5 Å². The van der Waals surface area contributed by atoms with E-state index in [0.717, 1.165) is 10.9 Å². The maximum absolute atomic E-state index is 13.5. The van der Waals surface area contributed by atoms with Crippen molar-refractivity contribution in [3.05, 3.63) is 35.9 Å². The molecule has 6 nitrogen and oxygen atoms in total. The Bertz CT molecular complexity index is 759. The molecule has 0 unspecified atom stereocenters. The van der Waals surface area contributed by atoms with Crippen LogP contribution >= 0.6 is 0 Å². The lowest BCUT2D eigenvalue weighted by Crippen LogP contribution is -2.41. The molecular formula is C16H19F3N4O2. The summed E-state index contributed by atoms with van der Waals surface area (Å²) in [6.07, 6.45) is -2.21. The number of rotatable bonds is 2. The molecule has 2 atom stereocenters. The molecule has 2 N–H and O–H groups in total.